The average molecular weight is 301 g/mol. The van der Waals surface area contributed by atoms with E-state index in [-0.39, 0.29) is 5.91 Å². The first kappa shape index (κ1) is 13.3. The second kappa shape index (κ2) is 4.33. The third-order valence-corrected chi connectivity index (χ3v) is 4.77. The second-order valence-electron chi connectivity index (χ2n) is 5.86. The Bertz CT molecular complexity index is 682. The number of fused-ring (bicyclic) bond motifs is 1. The summed E-state index contributed by atoms with van der Waals surface area (Å²) in [5.41, 5.74) is -0.0794. The summed E-state index contributed by atoms with van der Waals surface area (Å²) in [5.74, 6) is -1.92. The van der Waals surface area contributed by atoms with Crippen molar-refractivity contribution in [2.75, 3.05) is 18.6 Å². The molecule has 2 bridgehead atoms. The third kappa shape index (κ3) is 1.58. The Morgan fingerprint density at radius 1 is 1.41 bits per heavy atom. The average Bonchev–Trinajstić information content (AvgIpc) is 3.15. The number of methoxy groups -OCH3 is 1. The predicted molar refractivity (Wildman–Crippen MR) is 76.7 cm³/mol. The number of carbonyl (C=O) groups excluding carboxylic acids is 1. The number of benzene rings is 1. The van der Waals surface area contributed by atoms with Gasteiger partial charge in [-0.2, -0.15) is 0 Å². The van der Waals surface area contributed by atoms with Crippen LogP contribution in [0.5, 0.6) is 5.75 Å². The molecule has 0 unspecified atom stereocenters. The molecule has 22 heavy (non-hydrogen) atoms. The zero-order valence-corrected chi connectivity index (χ0v) is 11.9. The van der Waals surface area contributed by atoms with Gasteiger partial charge in [-0.05, 0) is 24.3 Å². The van der Waals surface area contributed by atoms with Crippen molar-refractivity contribution in [3.05, 3.63) is 36.4 Å². The molecule has 0 aliphatic carbocycles. The van der Waals surface area contributed by atoms with Crippen molar-refractivity contribution < 1.29 is 24.2 Å². The van der Waals surface area contributed by atoms with Gasteiger partial charge in [-0.3, -0.25) is 9.59 Å². The molecule has 2 saturated heterocycles. The molecule has 3 aliphatic heterocycles. The van der Waals surface area contributed by atoms with Crippen LogP contribution in [0.15, 0.2) is 36.4 Å². The van der Waals surface area contributed by atoms with Crippen molar-refractivity contribution in [2.24, 2.45) is 11.8 Å². The standard InChI is InChI=1S/C16H15NO5/c1-21-10-4-2-9(3-5-10)17-8-16-7-6-11(22-16)12(15(19)20)13(16)14(17)18/h2-7,11-13H,8H2,1H3,(H,19,20)/t11-,12-,13-,16+/m0/s1. The molecule has 3 aliphatic rings. The van der Waals surface area contributed by atoms with Crippen LogP contribution in [0.4, 0.5) is 5.69 Å². The van der Waals surface area contributed by atoms with Crippen LogP contribution in [0.2, 0.25) is 0 Å². The van der Waals surface area contributed by atoms with E-state index in [4.69, 9.17) is 9.47 Å². The highest BCUT2D eigenvalue weighted by Gasteiger charge is 2.67. The Kier molecular flexibility index (Phi) is 2.62. The summed E-state index contributed by atoms with van der Waals surface area (Å²) in [6.07, 6.45) is 3.12. The number of amides is 1. The van der Waals surface area contributed by atoms with Gasteiger partial charge in [-0.25, -0.2) is 0 Å². The number of carboxylic acids is 1. The molecule has 1 aromatic carbocycles. The lowest BCUT2D eigenvalue weighted by Gasteiger charge is -2.21. The third-order valence-electron chi connectivity index (χ3n) is 4.77. The molecular weight excluding hydrogens is 286 g/mol. The van der Waals surface area contributed by atoms with E-state index in [0.717, 1.165) is 5.69 Å². The number of hydrogen-bond acceptors (Lipinski definition) is 4. The molecule has 0 radical (unpaired) electrons. The second-order valence-corrected chi connectivity index (χ2v) is 5.86. The molecule has 1 N–H and O–H groups in total. The van der Waals surface area contributed by atoms with Crippen molar-refractivity contribution in [1.29, 1.82) is 0 Å². The van der Waals surface area contributed by atoms with Crippen LogP contribution < -0.4 is 9.64 Å². The zero-order chi connectivity index (χ0) is 15.5. The van der Waals surface area contributed by atoms with Crippen LogP contribution in [0.25, 0.3) is 0 Å². The van der Waals surface area contributed by atoms with Gasteiger partial charge >= 0.3 is 5.97 Å². The fourth-order valence-electron chi connectivity index (χ4n) is 3.76. The maximum atomic E-state index is 12.8. The van der Waals surface area contributed by atoms with E-state index in [1.807, 2.05) is 6.08 Å². The molecular formula is C16H15NO5. The number of nitrogens with zero attached hydrogens (tertiary/aromatic N) is 1. The van der Waals surface area contributed by atoms with Crippen LogP contribution in [0.3, 0.4) is 0 Å². The molecule has 114 valence electrons. The van der Waals surface area contributed by atoms with Gasteiger partial charge in [0.1, 0.15) is 17.3 Å². The van der Waals surface area contributed by atoms with Gasteiger partial charge in [0.2, 0.25) is 5.91 Å². The van der Waals surface area contributed by atoms with Crippen molar-refractivity contribution >= 4 is 17.6 Å². The highest BCUT2D eigenvalue weighted by molar-refractivity contribution is 6.02. The fourth-order valence-corrected chi connectivity index (χ4v) is 3.76. The lowest BCUT2D eigenvalue weighted by molar-refractivity contribution is -0.146. The molecule has 4 rings (SSSR count). The fraction of sp³-hybridized carbons (Fsp3) is 0.375. The van der Waals surface area contributed by atoms with Crippen molar-refractivity contribution in [2.45, 2.75) is 11.7 Å². The quantitative estimate of drug-likeness (QED) is 0.845. The van der Waals surface area contributed by atoms with Crippen LogP contribution in [-0.2, 0) is 14.3 Å². The van der Waals surface area contributed by atoms with Gasteiger partial charge in [0, 0.05) is 5.69 Å². The van der Waals surface area contributed by atoms with Gasteiger partial charge in [-0.15, -0.1) is 0 Å². The molecule has 1 amide bonds. The predicted octanol–water partition coefficient (Wildman–Crippen LogP) is 1.07. The summed E-state index contributed by atoms with van der Waals surface area (Å²) in [6.45, 7) is 0.347. The van der Waals surface area contributed by atoms with Gasteiger partial charge in [-0.1, -0.05) is 12.2 Å². The van der Waals surface area contributed by atoms with Crippen molar-refractivity contribution in [3.63, 3.8) is 0 Å². The van der Waals surface area contributed by atoms with Crippen LogP contribution in [0, 0.1) is 11.8 Å². The van der Waals surface area contributed by atoms with E-state index in [0.29, 0.717) is 12.3 Å². The molecule has 1 spiro atoms. The van der Waals surface area contributed by atoms with Gasteiger partial charge in [0.25, 0.3) is 0 Å². The summed E-state index contributed by atoms with van der Waals surface area (Å²) in [7, 11) is 1.58. The molecule has 0 aromatic heterocycles. The number of carboxylic acid groups (broad SMARTS) is 1. The Morgan fingerprint density at radius 2 is 2.14 bits per heavy atom. The first-order valence-electron chi connectivity index (χ1n) is 7.11. The van der Waals surface area contributed by atoms with E-state index in [9.17, 15) is 14.7 Å². The first-order valence-corrected chi connectivity index (χ1v) is 7.11. The highest BCUT2D eigenvalue weighted by Crippen LogP contribution is 2.52. The molecule has 6 nitrogen and oxygen atoms in total. The summed E-state index contributed by atoms with van der Waals surface area (Å²) in [6, 6.07) is 7.13. The number of rotatable bonds is 3. The lowest BCUT2D eigenvalue weighted by atomic mass is 9.77. The Labute approximate surface area is 126 Å². The first-order chi connectivity index (χ1) is 10.6. The minimum atomic E-state index is -0.980. The largest absolute Gasteiger partial charge is 0.497 e. The highest BCUT2D eigenvalue weighted by atomic mass is 16.5. The summed E-state index contributed by atoms with van der Waals surface area (Å²) in [4.78, 5) is 25.9. The maximum absolute atomic E-state index is 12.8. The summed E-state index contributed by atoms with van der Waals surface area (Å²) >= 11 is 0. The molecule has 3 heterocycles. The van der Waals surface area contributed by atoms with E-state index < -0.39 is 29.5 Å². The van der Waals surface area contributed by atoms with Gasteiger partial charge in [0.05, 0.1) is 25.7 Å². The van der Waals surface area contributed by atoms with Crippen molar-refractivity contribution in [3.8, 4) is 5.75 Å². The van der Waals surface area contributed by atoms with E-state index in [2.05, 4.69) is 0 Å². The number of carbonyl (C=O) groups is 2. The lowest BCUT2D eigenvalue weighted by Crippen LogP contribution is -2.39. The molecule has 4 atom stereocenters. The minimum Gasteiger partial charge on any atom is -0.497 e. The summed E-state index contributed by atoms with van der Waals surface area (Å²) in [5, 5.41) is 9.42. The SMILES string of the molecule is COc1ccc(N2C[C@@]34C=C[C@H](O3)[C@H](C(=O)O)[C@H]4C2=O)cc1. The van der Waals surface area contributed by atoms with Crippen LogP contribution >= 0.6 is 0 Å². The Hall–Kier alpha value is -2.34. The molecule has 1 aromatic rings. The van der Waals surface area contributed by atoms with Crippen LogP contribution in [0.1, 0.15) is 0 Å². The van der Waals surface area contributed by atoms with E-state index in [1.54, 1.807) is 42.4 Å². The number of anilines is 1. The van der Waals surface area contributed by atoms with Gasteiger partial charge in [0.15, 0.2) is 0 Å². The number of aliphatic carboxylic acids is 1. The Balaban J connectivity index is 1.70. The number of hydrogen-bond donors (Lipinski definition) is 1. The minimum absolute atomic E-state index is 0.190. The van der Waals surface area contributed by atoms with Crippen LogP contribution in [-0.4, -0.2) is 42.3 Å². The zero-order valence-electron chi connectivity index (χ0n) is 11.9. The smallest absolute Gasteiger partial charge is 0.310 e. The van der Waals surface area contributed by atoms with E-state index >= 15 is 0 Å². The monoisotopic (exact) mass is 301 g/mol. The topological polar surface area (TPSA) is 76.1 Å². The summed E-state index contributed by atoms with van der Waals surface area (Å²) < 4.78 is 11.0. The van der Waals surface area contributed by atoms with E-state index in [1.165, 1.54) is 0 Å². The number of ether oxygens (including phenoxy) is 2. The molecule has 2 fully saturated rings. The van der Waals surface area contributed by atoms with Gasteiger partial charge < -0.3 is 19.5 Å². The Morgan fingerprint density at radius 3 is 2.77 bits per heavy atom. The molecule has 6 heteroatoms. The molecule has 0 saturated carbocycles. The maximum Gasteiger partial charge on any atom is 0.310 e. The van der Waals surface area contributed by atoms with Crippen molar-refractivity contribution in [1.82, 2.24) is 0 Å². The normalized spacial score (nSPS) is 35.0.